The van der Waals surface area contributed by atoms with E-state index in [0.29, 0.717) is 35.6 Å². The molecule has 2 N–H and O–H groups in total. The van der Waals surface area contributed by atoms with Crippen molar-refractivity contribution in [2.24, 2.45) is 0 Å². The molecule has 2 aromatic heterocycles. The maximum atomic E-state index is 13.7. The molecule has 5 rings (SSSR count). The summed E-state index contributed by atoms with van der Waals surface area (Å²) in [6, 6.07) is 16.6. The first-order valence-corrected chi connectivity index (χ1v) is 12.5. The smallest absolute Gasteiger partial charge is 0.383 e. The van der Waals surface area contributed by atoms with Crippen molar-refractivity contribution in [3.05, 3.63) is 94.8 Å². The normalized spacial score (nSPS) is 13.7. The molecule has 10 heteroatoms. The summed E-state index contributed by atoms with van der Waals surface area (Å²) in [7, 11) is 0. The molecule has 1 aliphatic heterocycles. The Morgan fingerprint density at radius 1 is 1.05 bits per heavy atom. The first-order valence-electron chi connectivity index (χ1n) is 12.5. The summed E-state index contributed by atoms with van der Waals surface area (Å²) in [5, 5.41) is 0.750. The van der Waals surface area contributed by atoms with E-state index in [4.69, 9.17) is 5.73 Å². The molecule has 4 aromatic rings. The highest BCUT2D eigenvalue weighted by Crippen LogP contribution is 2.29. The van der Waals surface area contributed by atoms with Gasteiger partial charge >= 0.3 is 6.18 Å². The number of halogens is 3. The third-order valence-corrected chi connectivity index (χ3v) is 6.78. The second-order valence-electron chi connectivity index (χ2n) is 9.61. The fourth-order valence-corrected chi connectivity index (χ4v) is 4.62. The predicted octanol–water partition coefficient (Wildman–Crippen LogP) is 5.51. The summed E-state index contributed by atoms with van der Waals surface area (Å²) in [5.41, 5.74) is 8.82. The maximum Gasteiger partial charge on any atom is 0.417 e. The minimum absolute atomic E-state index is 0.000383. The molecule has 0 aliphatic carbocycles. The summed E-state index contributed by atoms with van der Waals surface area (Å²) >= 11 is 0. The Labute approximate surface area is 223 Å². The van der Waals surface area contributed by atoms with Gasteiger partial charge in [0, 0.05) is 42.3 Å². The molecule has 0 saturated carbocycles. The zero-order chi connectivity index (χ0) is 27.7. The minimum atomic E-state index is -4.50. The molecule has 0 spiro atoms. The first-order chi connectivity index (χ1) is 18.6. The molecule has 1 aliphatic rings. The van der Waals surface area contributed by atoms with Crippen LogP contribution in [-0.4, -0.2) is 33.2 Å². The number of aromatic nitrogens is 2. The van der Waals surface area contributed by atoms with Gasteiger partial charge in [-0.2, -0.15) is 13.2 Å². The van der Waals surface area contributed by atoms with Gasteiger partial charge in [0.2, 0.25) is 5.91 Å². The molecule has 39 heavy (non-hydrogen) atoms. The van der Waals surface area contributed by atoms with Crippen molar-refractivity contribution < 1.29 is 22.8 Å². The van der Waals surface area contributed by atoms with Crippen LogP contribution >= 0.6 is 0 Å². The Morgan fingerprint density at radius 2 is 1.82 bits per heavy atom. The predicted molar refractivity (Wildman–Crippen MR) is 142 cm³/mol. The topological polar surface area (TPSA) is 92.4 Å². The number of alkyl halides is 3. The lowest BCUT2D eigenvalue weighted by Crippen LogP contribution is -2.30. The fraction of sp³-hybridized carbons (Fsp3) is 0.241. The van der Waals surface area contributed by atoms with Gasteiger partial charge in [-0.1, -0.05) is 12.1 Å². The number of aryl methyl sites for hydroxylation is 1. The van der Waals surface area contributed by atoms with Crippen molar-refractivity contribution in [2.75, 3.05) is 17.2 Å². The van der Waals surface area contributed by atoms with Gasteiger partial charge < -0.3 is 15.5 Å². The van der Waals surface area contributed by atoms with Crippen LogP contribution in [0.4, 0.5) is 24.7 Å². The molecule has 2 aromatic carbocycles. The van der Waals surface area contributed by atoms with Crippen molar-refractivity contribution in [3.63, 3.8) is 0 Å². The van der Waals surface area contributed by atoms with Crippen LogP contribution in [0.5, 0.6) is 0 Å². The van der Waals surface area contributed by atoms with Crippen LogP contribution in [-0.2, 0) is 24.1 Å². The SMILES string of the molecule is Cc1cc2cc(C(=O)N(Cc3ccc(N4CCCC4=O)cc3)Cc3ccc(C(F)(F)F)cn3)ccc2nc1N. The van der Waals surface area contributed by atoms with Gasteiger partial charge in [0.15, 0.2) is 0 Å². The highest BCUT2D eigenvalue weighted by Gasteiger charge is 2.31. The number of nitrogen functional groups attached to an aromatic ring is 1. The number of fused-ring (bicyclic) bond motifs is 1. The van der Waals surface area contributed by atoms with Gasteiger partial charge in [0.25, 0.3) is 5.91 Å². The highest BCUT2D eigenvalue weighted by atomic mass is 19.4. The second-order valence-corrected chi connectivity index (χ2v) is 9.61. The molecule has 0 radical (unpaired) electrons. The van der Waals surface area contributed by atoms with Crippen molar-refractivity contribution in [2.45, 2.75) is 39.0 Å². The van der Waals surface area contributed by atoms with E-state index in [1.54, 1.807) is 23.1 Å². The zero-order valence-electron chi connectivity index (χ0n) is 21.2. The van der Waals surface area contributed by atoms with Crippen LogP contribution in [0.15, 0.2) is 66.9 Å². The van der Waals surface area contributed by atoms with E-state index in [1.807, 2.05) is 37.3 Å². The van der Waals surface area contributed by atoms with Crippen molar-refractivity contribution in [1.82, 2.24) is 14.9 Å². The van der Waals surface area contributed by atoms with Crippen LogP contribution in [0, 0.1) is 6.92 Å². The van der Waals surface area contributed by atoms with Gasteiger partial charge in [-0.25, -0.2) is 4.98 Å². The number of hydrogen-bond donors (Lipinski definition) is 1. The van der Waals surface area contributed by atoms with E-state index in [-0.39, 0.29) is 24.9 Å². The lowest BCUT2D eigenvalue weighted by atomic mass is 10.1. The van der Waals surface area contributed by atoms with Gasteiger partial charge in [-0.15, -0.1) is 0 Å². The number of carbonyl (C=O) groups is 2. The van der Waals surface area contributed by atoms with E-state index in [9.17, 15) is 22.8 Å². The number of carbonyl (C=O) groups excluding carboxylic acids is 2. The molecular formula is C29H26F3N5O2. The van der Waals surface area contributed by atoms with Crippen LogP contribution in [0.25, 0.3) is 10.9 Å². The number of benzene rings is 2. The molecule has 0 bridgehead atoms. The van der Waals surface area contributed by atoms with E-state index in [0.717, 1.165) is 40.9 Å². The Kier molecular flexibility index (Phi) is 6.94. The third-order valence-electron chi connectivity index (χ3n) is 6.78. The Morgan fingerprint density at radius 3 is 2.46 bits per heavy atom. The number of pyridine rings is 2. The van der Waals surface area contributed by atoms with Crippen LogP contribution in [0.2, 0.25) is 0 Å². The standard InChI is InChI=1S/C29H26F3N5O2/c1-18-13-21-14-20(6-11-25(21)35-27(18)33)28(39)36(17-23-8-7-22(15-34-23)29(30,31)32)16-19-4-9-24(10-5-19)37-12-2-3-26(37)38/h4-11,13-15H,2-3,12,16-17H2,1H3,(H2,33,35). The van der Waals surface area contributed by atoms with Crippen LogP contribution in [0.3, 0.4) is 0 Å². The maximum absolute atomic E-state index is 13.7. The summed E-state index contributed by atoms with van der Waals surface area (Å²) in [4.78, 5) is 37.4. The average Bonchev–Trinajstić information content (AvgIpc) is 3.34. The van der Waals surface area contributed by atoms with Crippen molar-refractivity contribution in [1.29, 1.82) is 0 Å². The van der Waals surface area contributed by atoms with E-state index in [2.05, 4.69) is 9.97 Å². The lowest BCUT2D eigenvalue weighted by Gasteiger charge is -2.24. The number of amides is 2. The molecule has 1 fully saturated rings. The molecule has 200 valence electrons. The molecule has 2 amide bonds. The van der Waals surface area contributed by atoms with Crippen molar-refractivity contribution >= 4 is 34.2 Å². The monoisotopic (exact) mass is 533 g/mol. The highest BCUT2D eigenvalue weighted by molar-refractivity contribution is 5.98. The first kappa shape index (κ1) is 26.1. The molecular weight excluding hydrogens is 507 g/mol. The van der Waals surface area contributed by atoms with Crippen LogP contribution < -0.4 is 10.6 Å². The van der Waals surface area contributed by atoms with E-state index >= 15 is 0 Å². The Hall–Kier alpha value is -4.47. The number of nitrogens with zero attached hydrogens (tertiary/aromatic N) is 4. The number of rotatable bonds is 6. The van der Waals surface area contributed by atoms with Crippen LogP contribution in [0.1, 0.15) is 45.6 Å². The fourth-order valence-electron chi connectivity index (χ4n) is 4.62. The number of hydrogen-bond acceptors (Lipinski definition) is 5. The minimum Gasteiger partial charge on any atom is -0.383 e. The molecule has 7 nitrogen and oxygen atoms in total. The molecule has 1 saturated heterocycles. The number of anilines is 2. The second kappa shape index (κ2) is 10.4. The summed E-state index contributed by atoms with van der Waals surface area (Å²) in [6.45, 7) is 2.69. The summed E-state index contributed by atoms with van der Waals surface area (Å²) in [6.07, 6.45) is -2.39. The molecule has 0 unspecified atom stereocenters. The molecule has 3 heterocycles. The van der Waals surface area contributed by atoms with Gasteiger partial charge in [-0.3, -0.25) is 14.6 Å². The Balaban J connectivity index is 1.44. The summed E-state index contributed by atoms with van der Waals surface area (Å²) in [5.74, 6) is 0.179. The average molecular weight is 534 g/mol. The quantitative estimate of drug-likeness (QED) is 0.353. The zero-order valence-corrected chi connectivity index (χ0v) is 21.2. The lowest BCUT2D eigenvalue weighted by molar-refractivity contribution is -0.137. The largest absolute Gasteiger partial charge is 0.417 e. The van der Waals surface area contributed by atoms with E-state index in [1.165, 1.54) is 11.0 Å². The van der Waals surface area contributed by atoms with E-state index < -0.39 is 11.7 Å². The molecule has 0 atom stereocenters. The third kappa shape index (κ3) is 5.69. The van der Waals surface area contributed by atoms with Gasteiger partial charge in [0.05, 0.1) is 23.3 Å². The van der Waals surface area contributed by atoms with Gasteiger partial charge in [0.1, 0.15) is 5.82 Å². The van der Waals surface area contributed by atoms with Crippen molar-refractivity contribution in [3.8, 4) is 0 Å². The van der Waals surface area contributed by atoms with Gasteiger partial charge in [-0.05, 0) is 73.0 Å². The Bertz CT molecular complexity index is 1540. The summed E-state index contributed by atoms with van der Waals surface area (Å²) < 4.78 is 39.1. The number of nitrogens with two attached hydrogens (primary N) is 1.